The summed E-state index contributed by atoms with van der Waals surface area (Å²) in [6.07, 6.45) is 0. The highest BCUT2D eigenvalue weighted by molar-refractivity contribution is 14.1. The van der Waals surface area contributed by atoms with Crippen LogP contribution in [0.2, 0.25) is 0 Å². The van der Waals surface area contributed by atoms with Crippen molar-refractivity contribution in [2.75, 3.05) is 7.05 Å². The van der Waals surface area contributed by atoms with Gasteiger partial charge in [0.1, 0.15) is 6.04 Å². The van der Waals surface area contributed by atoms with E-state index < -0.39 is 6.04 Å². The second-order valence-corrected chi connectivity index (χ2v) is 8.72. The highest BCUT2D eigenvalue weighted by Gasteiger charge is 2.30. The van der Waals surface area contributed by atoms with Gasteiger partial charge >= 0.3 is 0 Å². The van der Waals surface area contributed by atoms with E-state index in [1.54, 1.807) is 18.0 Å². The summed E-state index contributed by atoms with van der Waals surface area (Å²) in [6.45, 7) is 4.36. The molecule has 1 unspecified atom stereocenters. The van der Waals surface area contributed by atoms with Crippen molar-refractivity contribution in [1.82, 2.24) is 10.2 Å². The molecule has 2 aromatic carbocycles. The van der Waals surface area contributed by atoms with Gasteiger partial charge in [-0.25, -0.2) is 0 Å². The molecule has 0 aliphatic heterocycles. The maximum absolute atomic E-state index is 12.9. The number of carbonyl (C=O) groups excluding carboxylic acids is 2. The smallest absolute Gasteiger partial charge is 0.255 e. The SMILES string of the molecule is CC(C)C(C(=O)NCc1ccccc1I)N(C)C(=O)c1ccccc1I. The fraction of sp³-hybridized carbons (Fsp3) is 0.300. The highest BCUT2D eigenvalue weighted by Crippen LogP contribution is 2.18. The Kier molecular flexibility index (Phi) is 7.87. The zero-order valence-corrected chi connectivity index (χ0v) is 19.3. The van der Waals surface area contributed by atoms with Crippen molar-refractivity contribution in [2.45, 2.75) is 26.4 Å². The van der Waals surface area contributed by atoms with E-state index in [4.69, 9.17) is 0 Å². The molecule has 0 spiro atoms. The zero-order valence-electron chi connectivity index (χ0n) is 15.0. The molecule has 1 atom stereocenters. The van der Waals surface area contributed by atoms with Gasteiger partial charge in [-0.15, -0.1) is 0 Å². The van der Waals surface area contributed by atoms with Crippen LogP contribution in [-0.2, 0) is 11.3 Å². The summed E-state index contributed by atoms with van der Waals surface area (Å²) < 4.78 is 1.98. The number of nitrogens with zero attached hydrogens (tertiary/aromatic N) is 1. The van der Waals surface area contributed by atoms with E-state index in [1.165, 1.54) is 0 Å². The van der Waals surface area contributed by atoms with Crippen molar-refractivity contribution in [3.05, 3.63) is 66.8 Å². The van der Waals surface area contributed by atoms with E-state index in [0.29, 0.717) is 12.1 Å². The van der Waals surface area contributed by atoms with Gasteiger partial charge < -0.3 is 10.2 Å². The average Bonchev–Trinajstić information content (AvgIpc) is 2.60. The Labute approximate surface area is 182 Å². The minimum absolute atomic E-state index is 0.000156. The summed E-state index contributed by atoms with van der Waals surface area (Å²) in [5.74, 6) is -0.278. The molecule has 0 saturated heterocycles. The standard InChI is InChI=1S/C20H22I2N2O2/c1-13(2)18(19(25)23-12-14-8-4-6-10-16(14)21)24(3)20(26)15-9-5-7-11-17(15)22/h4-11,13,18H,12H2,1-3H3,(H,23,25). The lowest BCUT2D eigenvalue weighted by molar-refractivity contribution is -0.126. The molecule has 2 aromatic rings. The van der Waals surface area contributed by atoms with Crippen molar-refractivity contribution >= 4 is 57.0 Å². The predicted octanol–water partition coefficient (Wildman–Crippen LogP) is 4.31. The summed E-state index contributed by atoms with van der Waals surface area (Å²) in [5.41, 5.74) is 1.68. The number of hydrogen-bond acceptors (Lipinski definition) is 2. The van der Waals surface area contributed by atoms with Crippen LogP contribution in [0, 0.1) is 13.1 Å². The second kappa shape index (κ2) is 9.68. The Morgan fingerprint density at radius 3 is 2.15 bits per heavy atom. The number of rotatable bonds is 6. The van der Waals surface area contributed by atoms with E-state index in [9.17, 15) is 9.59 Å². The molecule has 0 radical (unpaired) electrons. The number of likely N-dealkylation sites (N-methyl/N-ethyl adjacent to an activating group) is 1. The van der Waals surface area contributed by atoms with Crippen LogP contribution in [-0.4, -0.2) is 29.8 Å². The van der Waals surface area contributed by atoms with E-state index in [0.717, 1.165) is 12.7 Å². The molecule has 6 heteroatoms. The molecule has 4 nitrogen and oxygen atoms in total. The van der Waals surface area contributed by atoms with E-state index >= 15 is 0 Å². The lowest BCUT2D eigenvalue weighted by Crippen LogP contribution is -2.50. The van der Waals surface area contributed by atoms with E-state index in [2.05, 4.69) is 50.5 Å². The first-order valence-electron chi connectivity index (χ1n) is 8.35. The normalized spacial score (nSPS) is 11.9. The van der Waals surface area contributed by atoms with Gasteiger partial charge in [-0.2, -0.15) is 0 Å². The summed E-state index contributed by atoms with van der Waals surface area (Å²) in [5, 5.41) is 2.98. The maximum Gasteiger partial charge on any atom is 0.255 e. The molecule has 2 amide bonds. The number of benzene rings is 2. The maximum atomic E-state index is 12.9. The number of nitrogens with one attached hydrogen (secondary N) is 1. The molecule has 0 bridgehead atoms. The minimum Gasteiger partial charge on any atom is -0.350 e. The third-order valence-electron chi connectivity index (χ3n) is 4.15. The van der Waals surface area contributed by atoms with Crippen molar-refractivity contribution in [3.8, 4) is 0 Å². The predicted molar refractivity (Wildman–Crippen MR) is 121 cm³/mol. The van der Waals surface area contributed by atoms with Gasteiger partial charge in [0.25, 0.3) is 5.91 Å². The van der Waals surface area contributed by atoms with Crippen LogP contribution in [0.4, 0.5) is 0 Å². The lowest BCUT2D eigenvalue weighted by Gasteiger charge is -2.30. The molecular weight excluding hydrogens is 554 g/mol. The van der Waals surface area contributed by atoms with Gasteiger partial charge in [0.2, 0.25) is 5.91 Å². The Morgan fingerprint density at radius 1 is 1.00 bits per heavy atom. The Hall–Kier alpha value is -1.16. The first-order chi connectivity index (χ1) is 12.3. The second-order valence-electron chi connectivity index (χ2n) is 6.39. The van der Waals surface area contributed by atoms with Crippen LogP contribution in [0.3, 0.4) is 0 Å². The molecular formula is C20H22I2N2O2. The third kappa shape index (κ3) is 5.18. The minimum atomic E-state index is -0.528. The average molecular weight is 576 g/mol. The Bertz CT molecular complexity index is 793. The van der Waals surface area contributed by atoms with Crippen LogP contribution in [0.5, 0.6) is 0 Å². The monoisotopic (exact) mass is 576 g/mol. The van der Waals surface area contributed by atoms with E-state index in [1.807, 2.05) is 56.3 Å². The molecule has 0 aliphatic rings. The van der Waals surface area contributed by atoms with Crippen LogP contribution < -0.4 is 5.32 Å². The molecule has 0 aromatic heterocycles. The Morgan fingerprint density at radius 2 is 1.58 bits per heavy atom. The molecule has 0 saturated carbocycles. The molecule has 0 fully saturated rings. The van der Waals surface area contributed by atoms with Gasteiger partial charge in [0.15, 0.2) is 0 Å². The van der Waals surface area contributed by atoms with E-state index in [-0.39, 0.29) is 17.7 Å². The molecule has 1 N–H and O–H groups in total. The molecule has 2 rings (SSSR count). The fourth-order valence-corrected chi connectivity index (χ4v) is 4.00. The fourth-order valence-electron chi connectivity index (χ4n) is 2.81. The lowest BCUT2D eigenvalue weighted by atomic mass is 10.0. The summed E-state index contributed by atoms with van der Waals surface area (Å²) >= 11 is 4.40. The first-order valence-corrected chi connectivity index (χ1v) is 10.5. The number of halogens is 2. The third-order valence-corrected chi connectivity index (χ3v) is 6.15. The van der Waals surface area contributed by atoms with Crippen molar-refractivity contribution < 1.29 is 9.59 Å². The summed E-state index contributed by atoms with van der Waals surface area (Å²) in [7, 11) is 1.70. The topological polar surface area (TPSA) is 49.4 Å². The van der Waals surface area contributed by atoms with Gasteiger partial charge in [-0.1, -0.05) is 44.2 Å². The van der Waals surface area contributed by atoms with Gasteiger partial charge in [-0.05, 0) is 74.9 Å². The van der Waals surface area contributed by atoms with Crippen LogP contribution in [0.25, 0.3) is 0 Å². The zero-order chi connectivity index (χ0) is 19.3. The molecule has 138 valence electrons. The molecule has 0 aliphatic carbocycles. The first kappa shape index (κ1) is 21.1. The summed E-state index contributed by atoms with van der Waals surface area (Å²) in [4.78, 5) is 27.3. The number of amides is 2. The van der Waals surface area contributed by atoms with Crippen molar-refractivity contribution in [1.29, 1.82) is 0 Å². The van der Waals surface area contributed by atoms with Gasteiger partial charge in [0.05, 0.1) is 5.56 Å². The largest absolute Gasteiger partial charge is 0.350 e. The molecule has 0 heterocycles. The van der Waals surface area contributed by atoms with Gasteiger partial charge in [-0.3, -0.25) is 9.59 Å². The quantitative estimate of drug-likeness (QED) is 0.522. The summed E-state index contributed by atoms with van der Waals surface area (Å²) in [6, 6.07) is 14.8. The Balaban J connectivity index is 2.14. The highest BCUT2D eigenvalue weighted by atomic mass is 127. The van der Waals surface area contributed by atoms with Crippen LogP contribution in [0.1, 0.15) is 29.8 Å². The van der Waals surface area contributed by atoms with Crippen molar-refractivity contribution in [3.63, 3.8) is 0 Å². The number of carbonyl (C=O) groups is 2. The molecule has 26 heavy (non-hydrogen) atoms. The van der Waals surface area contributed by atoms with Crippen LogP contribution in [0.15, 0.2) is 48.5 Å². The van der Waals surface area contributed by atoms with Crippen molar-refractivity contribution in [2.24, 2.45) is 5.92 Å². The van der Waals surface area contributed by atoms with Crippen LogP contribution >= 0.6 is 45.2 Å². The number of hydrogen-bond donors (Lipinski definition) is 1. The van der Waals surface area contributed by atoms with Gasteiger partial charge in [0, 0.05) is 20.7 Å².